The molecule has 0 saturated heterocycles. The van der Waals surface area contributed by atoms with Gasteiger partial charge in [0.15, 0.2) is 5.69 Å². The summed E-state index contributed by atoms with van der Waals surface area (Å²) in [5.74, 6) is -0.440. The molecule has 0 spiro atoms. The van der Waals surface area contributed by atoms with E-state index >= 15 is 13.2 Å². The van der Waals surface area contributed by atoms with Crippen molar-refractivity contribution in [1.82, 2.24) is 4.57 Å². The van der Waals surface area contributed by atoms with E-state index in [2.05, 4.69) is 210 Å². The highest BCUT2D eigenvalue weighted by molar-refractivity contribution is 6.12. The maximum absolute atomic E-state index is 15.4. The molecule has 12 rings (SSSR count). The van der Waals surface area contributed by atoms with Gasteiger partial charge in [0.05, 0.1) is 23.2 Å². The van der Waals surface area contributed by atoms with E-state index in [9.17, 15) is 0 Å². The van der Waals surface area contributed by atoms with Crippen LogP contribution in [0.4, 0.5) is 18.9 Å². The van der Waals surface area contributed by atoms with E-state index in [4.69, 9.17) is 6.57 Å². The van der Waals surface area contributed by atoms with Crippen LogP contribution in [0.5, 0.6) is 0 Å². The zero-order valence-corrected chi connectivity index (χ0v) is 44.8. The molecule has 376 valence electrons. The Kier molecular flexibility index (Phi) is 11.8. The molecule has 1 aliphatic rings. The molecular formula is C72H57F3N2. The Labute approximate surface area is 449 Å². The quantitative estimate of drug-likeness (QED) is 0.141. The topological polar surface area (TPSA) is 9.29 Å². The second kappa shape index (κ2) is 18.5. The summed E-state index contributed by atoms with van der Waals surface area (Å²) in [5.41, 5.74) is 26.0. The minimum Gasteiger partial charge on any atom is -0.310 e. The SMILES string of the molecule is [C-]#[N+]c1cc(-n2c3ccc(-c4cc(C)cc(C)c4)cc3c3cc(-c4cc(C)cc(C)c4)ccc32)c(C2c3ccc(-c4cc(C)cc(C)c4)cc3-c3cc(-c4cc(C)cc(C)c4)ccc32)cc1-c1c(C)cccc1C(F)(F)F. The monoisotopic (exact) mass is 1010 g/mol. The fraction of sp³-hybridized carbons (Fsp3) is 0.153. The largest absolute Gasteiger partial charge is 0.416 e. The van der Waals surface area contributed by atoms with Crippen molar-refractivity contribution >= 4 is 27.5 Å². The number of hydrogen-bond donors (Lipinski definition) is 0. The van der Waals surface area contributed by atoms with Gasteiger partial charge in [-0.15, -0.1) is 0 Å². The van der Waals surface area contributed by atoms with Gasteiger partial charge in [0.1, 0.15) is 0 Å². The highest BCUT2D eigenvalue weighted by Gasteiger charge is 2.38. The average Bonchev–Trinajstić information content (AvgIpc) is 4.14. The van der Waals surface area contributed by atoms with E-state index in [-0.39, 0.29) is 16.8 Å². The summed E-state index contributed by atoms with van der Waals surface area (Å²) in [7, 11) is 0. The van der Waals surface area contributed by atoms with Crippen LogP contribution < -0.4 is 0 Å². The highest BCUT2D eigenvalue weighted by atomic mass is 19.4. The summed E-state index contributed by atoms with van der Waals surface area (Å²) in [5, 5.41) is 2.06. The number of aromatic nitrogens is 1. The second-order valence-electron chi connectivity index (χ2n) is 21.9. The zero-order chi connectivity index (χ0) is 53.8. The van der Waals surface area contributed by atoms with E-state index in [0.717, 1.165) is 106 Å². The van der Waals surface area contributed by atoms with E-state index < -0.39 is 17.7 Å². The Morgan fingerprint density at radius 3 is 1.17 bits per heavy atom. The molecule has 0 aliphatic heterocycles. The lowest BCUT2D eigenvalue weighted by Gasteiger charge is -2.24. The predicted molar refractivity (Wildman–Crippen MR) is 315 cm³/mol. The number of rotatable bonds is 7. The first kappa shape index (κ1) is 49.2. The third-order valence-electron chi connectivity index (χ3n) is 15.7. The molecule has 1 aliphatic carbocycles. The third kappa shape index (κ3) is 8.72. The van der Waals surface area contributed by atoms with E-state index in [1.54, 1.807) is 13.0 Å². The maximum Gasteiger partial charge on any atom is 0.416 e. The smallest absolute Gasteiger partial charge is 0.310 e. The second-order valence-corrected chi connectivity index (χ2v) is 21.9. The first-order valence-corrected chi connectivity index (χ1v) is 26.3. The summed E-state index contributed by atoms with van der Waals surface area (Å²) in [4.78, 5) is 4.13. The molecule has 0 amide bonds. The van der Waals surface area contributed by atoms with Gasteiger partial charge in [-0.2, -0.15) is 13.2 Å². The number of hydrogen-bond acceptors (Lipinski definition) is 0. The summed E-state index contributed by atoms with van der Waals surface area (Å²) in [6.45, 7) is 27.5. The van der Waals surface area contributed by atoms with Gasteiger partial charge < -0.3 is 4.57 Å². The minimum absolute atomic E-state index is 0.0194. The normalized spacial score (nSPS) is 12.4. The van der Waals surface area contributed by atoms with Gasteiger partial charge in [-0.3, -0.25) is 0 Å². The summed E-state index contributed by atoms with van der Waals surface area (Å²) >= 11 is 0. The molecule has 11 aromatic rings. The number of benzene rings is 10. The number of alkyl halides is 3. The van der Waals surface area contributed by atoms with Crippen molar-refractivity contribution in [3.05, 3.63) is 260 Å². The summed E-state index contributed by atoms with van der Waals surface area (Å²) < 4.78 is 48.4. The third-order valence-corrected chi connectivity index (χ3v) is 15.7. The van der Waals surface area contributed by atoms with Crippen LogP contribution in [0.15, 0.2) is 176 Å². The maximum atomic E-state index is 15.4. The van der Waals surface area contributed by atoms with Gasteiger partial charge in [-0.05, 0) is 200 Å². The summed E-state index contributed by atoms with van der Waals surface area (Å²) in [6.07, 6.45) is -4.67. The van der Waals surface area contributed by atoms with Crippen molar-refractivity contribution in [3.8, 4) is 72.4 Å². The molecule has 0 saturated carbocycles. The highest BCUT2D eigenvalue weighted by Crippen LogP contribution is 2.55. The van der Waals surface area contributed by atoms with Crippen LogP contribution in [0.2, 0.25) is 0 Å². The lowest BCUT2D eigenvalue weighted by Crippen LogP contribution is -2.10. The molecule has 0 N–H and O–H groups in total. The van der Waals surface area contributed by atoms with Crippen LogP contribution in [-0.4, -0.2) is 4.57 Å². The molecule has 0 radical (unpaired) electrons. The lowest BCUT2D eigenvalue weighted by atomic mass is 9.83. The van der Waals surface area contributed by atoms with E-state index in [0.29, 0.717) is 5.56 Å². The Morgan fingerprint density at radius 2 is 0.779 bits per heavy atom. The van der Waals surface area contributed by atoms with Gasteiger partial charge in [0.25, 0.3) is 0 Å². The van der Waals surface area contributed by atoms with Crippen LogP contribution >= 0.6 is 0 Å². The van der Waals surface area contributed by atoms with Crippen LogP contribution in [0.25, 0.3) is 99.1 Å². The predicted octanol–water partition coefficient (Wildman–Crippen LogP) is 20.6. The molecule has 0 atom stereocenters. The van der Waals surface area contributed by atoms with Gasteiger partial charge in [0, 0.05) is 22.4 Å². The van der Waals surface area contributed by atoms with Crippen LogP contribution in [0.3, 0.4) is 0 Å². The Hall–Kier alpha value is -8.72. The Bertz CT molecular complexity index is 4040. The van der Waals surface area contributed by atoms with Crippen LogP contribution in [0.1, 0.15) is 78.2 Å². The standard InChI is InChI=1S/C72H57F3N2/c1-40-22-41(2)27-53(26-40)49-14-18-57-59(34-49)60-35-50(54-28-42(3)23-43(4)29-54)15-19-58(60)71(57)64-38-63(70-48(9)12-11-13-65(70)72(73,74)75)66(76-10)39-69(64)77-67-20-16-51(55-30-44(5)24-45(6)31-55)36-61(67)62-37-52(17-21-68(62)77)56-32-46(7)25-47(8)33-56/h11-39,71H,1-9H3. The van der Waals surface area contributed by atoms with Crippen molar-refractivity contribution < 1.29 is 13.2 Å². The molecule has 0 bridgehead atoms. The molecule has 0 unspecified atom stereocenters. The molecule has 10 aromatic carbocycles. The molecule has 77 heavy (non-hydrogen) atoms. The molecule has 5 heteroatoms. The number of fused-ring (bicyclic) bond motifs is 6. The molecule has 2 nitrogen and oxygen atoms in total. The molecule has 1 aromatic heterocycles. The first-order valence-electron chi connectivity index (χ1n) is 26.3. The van der Waals surface area contributed by atoms with Crippen molar-refractivity contribution in [1.29, 1.82) is 0 Å². The lowest BCUT2D eigenvalue weighted by molar-refractivity contribution is -0.137. The molecule has 1 heterocycles. The molecule has 0 fully saturated rings. The van der Waals surface area contributed by atoms with Crippen molar-refractivity contribution in [2.24, 2.45) is 0 Å². The van der Waals surface area contributed by atoms with Gasteiger partial charge >= 0.3 is 6.18 Å². The van der Waals surface area contributed by atoms with Crippen LogP contribution in [0, 0.1) is 68.9 Å². The van der Waals surface area contributed by atoms with E-state index in [1.165, 1.54) is 50.6 Å². The Balaban J connectivity index is 1.20. The average molecular weight is 1010 g/mol. The minimum atomic E-state index is -4.67. The Morgan fingerprint density at radius 1 is 0.390 bits per heavy atom. The zero-order valence-electron chi connectivity index (χ0n) is 44.8. The summed E-state index contributed by atoms with van der Waals surface area (Å²) in [6, 6.07) is 61.3. The number of aryl methyl sites for hydroxylation is 9. The first-order chi connectivity index (χ1) is 36.9. The van der Waals surface area contributed by atoms with E-state index in [1.807, 2.05) is 12.1 Å². The van der Waals surface area contributed by atoms with Gasteiger partial charge in [-0.25, -0.2) is 4.85 Å². The fourth-order valence-corrected chi connectivity index (χ4v) is 12.7. The van der Waals surface area contributed by atoms with Gasteiger partial charge in [-0.1, -0.05) is 172 Å². The number of nitrogens with zero attached hydrogens (tertiary/aromatic N) is 2. The van der Waals surface area contributed by atoms with Crippen LogP contribution in [-0.2, 0) is 6.18 Å². The number of halogens is 3. The van der Waals surface area contributed by atoms with Gasteiger partial charge in [0.2, 0.25) is 0 Å². The van der Waals surface area contributed by atoms with Crippen molar-refractivity contribution in [2.45, 2.75) is 74.4 Å². The fourth-order valence-electron chi connectivity index (χ4n) is 12.7. The molecular weight excluding hydrogens is 950 g/mol. The van der Waals surface area contributed by atoms with Crippen molar-refractivity contribution in [3.63, 3.8) is 0 Å². The van der Waals surface area contributed by atoms with Crippen molar-refractivity contribution in [2.75, 3.05) is 0 Å².